The average Bonchev–Trinajstić information content (AvgIpc) is 3.69. The van der Waals surface area contributed by atoms with Crippen molar-refractivity contribution in [1.82, 2.24) is 19.9 Å². The molecule has 0 unspecified atom stereocenters. The van der Waals surface area contributed by atoms with E-state index in [9.17, 15) is 0 Å². The first-order chi connectivity index (χ1) is 28.2. The summed E-state index contributed by atoms with van der Waals surface area (Å²) in [5, 5.41) is 6.13. The van der Waals surface area contributed by atoms with E-state index >= 15 is 0 Å². The van der Waals surface area contributed by atoms with Gasteiger partial charge in [0.1, 0.15) is 0 Å². The number of aromatic nitrogens is 4. The zero-order valence-corrected chi connectivity index (χ0v) is 31.5. The number of nitrogens with zero attached hydrogens (tertiary/aromatic N) is 4. The van der Waals surface area contributed by atoms with Crippen LogP contribution >= 0.6 is 11.3 Å². The van der Waals surface area contributed by atoms with Crippen molar-refractivity contribution < 1.29 is 0 Å². The molecule has 3 heterocycles. The lowest BCUT2D eigenvalue weighted by Gasteiger charge is -2.12. The number of benzene rings is 8. The summed E-state index contributed by atoms with van der Waals surface area (Å²) in [4.78, 5) is 20.5. The summed E-state index contributed by atoms with van der Waals surface area (Å²) in [6, 6.07) is 68.0. The lowest BCUT2D eigenvalue weighted by atomic mass is 9.97. The van der Waals surface area contributed by atoms with Crippen molar-refractivity contribution in [3.05, 3.63) is 194 Å². The minimum Gasteiger partial charge on any atom is -0.246 e. The molecule has 0 saturated heterocycles. The smallest absolute Gasteiger partial charge is 0.164 e. The Balaban J connectivity index is 1.02. The molecule has 0 saturated carbocycles. The maximum absolute atomic E-state index is 5.40. The van der Waals surface area contributed by atoms with Crippen LogP contribution in [-0.2, 0) is 0 Å². The Bertz CT molecular complexity index is 3280. The van der Waals surface area contributed by atoms with Gasteiger partial charge in [-0.2, -0.15) is 0 Å². The van der Waals surface area contributed by atoms with E-state index in [1.165, 1.54) is 41.9 Å². The van der Waals surface area contributed by atoms with Gasteiger partial charge in [-0.15, -0.1) is 11.3 Å². The Hall–Kier alpha value is -7.34. The van der Waals surface area contributed by atoms with Crippen LogP contribution in [0.4, 0.5) is 0 Å². The number of hydrogen-bond donors (Lipinski definition) is 0. The van der Waals surface area contributed by atoms with Crippen molar-refractivity contribution in [2.24, 2.45) is 0 Å². The molecule has 0 bridgehead atoms. The fraction of sp³-hybridized carbons (Fsp3) is 0. The minimum atomic E-state index is 0.624. The summed E-state index contributed by atoms with van der Waals surface area (Å²) in [5.41, 5.74) is 10.4. The van der Waals surface area contributed by atoms with E-state index in [0.29, 0.717) is 17.5 Å². The quantitative estimate of drug-likeness (QED) is 0.159. The van der Waals surface area contributed by atoms with Crippen molar-refractivity contribution in [1.29, 1.82) is 0 Å². The van der Waals surface area contributed by atoms with Crippen LogP contribution < -0.4 is 0 Å². The molecule has 0 spiro atoms. The topological polar surface area (TPSA) is 51.6 Å². The van der Waals surface area contributed by atoms with Gasteiger partial charge >= 0.3 is 0 Å². The summed E-state index contributed by atoms with van der Waals surface area (Å²) in [6.45, 7) is 0. The van der Waals surface area contributed by atoms with E-state index in [2.05, 4.69) is 158 Å². The molecule has 8 aromatic carbocycles. The van der Waals surface area contributed by atoms with Gasteiger partial charge < -0.3 is 0 Å². The molecule has 266 valence electrons. The molecule has 0 aliphatic rings. The summed E-state index contributed by atoms with van der Waals surface area (Å²) in [6.07, 6.45) is 0. The van der Waals surface area contributed by atoms with Crippen molar-refractivity contribution in [3.8, 4) is 67.7 Å². The third kappa shape index (κ3) is 6.02. The Morgan fingerprint density at radius 2 is 0.807 bits per heavy atom. The summed E-state index contributed by atoms with van der Waals surface area (Å²) in [5.74, 6) is 1.89. The van der Waals surface area contributed by atoms with E-state index < -0.39 is 0 Å². The third-order valence-electron chi connectivity index (χ3n) is 10.7. The van der Waals surface area contributed by atoms with Crippen LogP contribution in [0.3, 0.4) is 0 Å². The molecule has 0 amide bonds. The number of thiophene rings is 1. The molecule has 0 fully saturated rings. The molecule has 0 N–H and O–H groups in total. The third-order valence-corrected chi connectivity index (χ3v) is 11.9. The van der Waals surface area contributed by atoms with Gasteiger partial charge in [0.2, 0.25) is 0 Å². The van der Waals surface area contributed by atoms with Crippen LogP contribution in [0.25, 0.3) is 110 Å². The predicted molar refractivity (Wildman–Crippen MR) is 238 cm³/mol. The Morgan fingerprint density at radius 1 is 0.316 bits per heavy atom. The van der Waals surface area contributed by atoms with Crippen LogP contribution in [0, 0.1) is 0 Å². The number of fused-ring (bicyclic) bond motifs is 6. The predicted octanol–water partition coefficient (Wildman–Crippen LogP) is 13.9. The van der Waals surface area contributed by atoms with Gasteiger partial charge in [0.25, 0.3) is 0 Å². The molecule has 11 rings (SSSR count). The SMILES string of the molecule is c1ccc(-c2ccc(-c3nc(-c4ccccc4)nc(-c4cccc(-c5cccc(-c6nc7cc8ccccc8cc7c7c6sc6ccccc67)c5)c4)n3)cc2)cc1. The zero-order valence-electron chi connectivity index (χ0n) is 30.7. The maximum atomic E-state index is 5.40. The molecule has 11 aromatic rings. The van der Waals surface area contributed by atoms with Crippen molar-refractivity contribution in [2.45, 2.75) is 0 Å². The molecule has 0 aliphatic carbocycles. The van der Waals surface area contributed by atoms with Crippen molar-refractivity contribution in [2.75, 3.05) is 0 Å². The van der Waals surface area contributed by atoms with E-state index in [-0.39, 0.29) is 0 Å². The van der Waals surface area contributed by atoms with Crippen molar-refractivity contribution in [3.63, 3.8) is 0 Å². The highest BCUT2D eigenvalue weighted by Gasteiger charge is 2.18. The zero-order chi connectivity index (χ0) is 37.7. The lowest BCUT2D eigenvalue weighted by molar-refractivity contribution is 1.07. The maximum Gasteiger partial charge on any atom is 0.164 e. The minimum absolute atomic E-state index is 0.624. The second-order valence-corrected chi connectivity index (χ2v) is 15.3. The van der Waals surface area contributed by atoms with E-state index in [1.54, 1.807) is 0 Å². The Morgan fingerprint density at radius 3 is 1.53 bits per heavy atom. The Kier molecular flexibility index (Phi) is 7.97. The molecule has 0 aliphatic heterocycles. The molecular formula is C52H32N4S. The van der Waals surface area contributed by atoms with Gasteiger partial charge in [-0.05, 0) is 63.4 Å². The second kappa shape index (κ2) is 13.7. The van der Waals surface area contributed by atoms with Gasteiger partial charge in [0, 0.05) is 43.1 Å². The molecule has 0 radical (unpaired) electrons. The first-order valence-corrected chi connectivity index (χ1v) is 19.9. The van der Waals surface area contributed by atoms with E-state index in [1.807, 2.05) is 47.7 Å². The van der Waals surface area contributed by atoms with Gasteiger partial charge in [-0.3, -0.25) is 0 Å². The van der Waals surface area contributed by atoms with Gasteiger partial charge in [-0.25, -0.2) is 19.9 Å². The molecule has 57 heavy (non-hydrogen) atoms. The van der Waals surface area contributed by atoms with Crippen molar-refractivity contribution >= 4 is 53.2 Å². The first kappa shape index (κ1) is 33.0. The van der Waals surface area contributed by atoms with Crippen LogP contribution in [0.2, 0.25) is 0 Å². The highest BCUT2D eigenvalue weighted by molar-refractivity contribution is 7.26. The summed E-state index contributed by atoms with van der Waals surface area (Å²) < 4.78 is 2.46. The van der Waals surface area contributed by atoms with Crippen LogP contribution in [0.1, 0.15) is 0 Å². The summed E-state index contributed by atoms with van der Waals surface area (Å²) >= 11 is 1.82. The number of pyridine rings is 1. The Labute approximate surface area is 333 Å². The van der Waals surface area contributed by atoms with Gasteiger partial charge in [-0.1, -0.05) is 164 Å². The number of hydrogen-bond acceptors (Lipinski definition) is 5. The fourth-order valence-electron chi connectivity index (χ4n) is 7.84. The van der Waals surface area contributed by atoms with E-state index in [0.717, 1.165) is 50.2 Å². The highest BCUT2D eigenvalue weighted by atomic mass is 32.1. The summed E-state index contributed by atoms with van der Waals surface area (Å²) in [7, 11) is 0. The van der Waals surface area contributed by atoms with Gasteiger partial charge in [0.15, 0.2) is 17.5 Å². The van der Waals surface area contributed by atoms with Gasteiger partial charge in [0.05, 0.1) is 15.9 Å². The molecule has 5 heteroatoms. The first-order valence-electron chi connectivity index (χ1n) is 19.0. The molecule has 4 nitrogen and oxygen atoms in total. The van der Waals surface area contributed by atoms with Crippen LogP contribution in [0.15, 0.2) is 194 Å². The standard InChI is InChI=1S/C52H32N4S/c1-3-13-33(14-4-1)34-25-27-36(28-26-34)51-54-50(35-15-5-2-6-16-35)55-52(56-51)42-22-12-20-38(30-42)37-19-11-21-41(29-37)48-49-47(43-23-9-10-24-46(43)57-49)44-31-39-17-7-8-18-40(39)32-45(44)53-48/h1-32H. The molecule has 0 atom stereocenters. The normalized spacial score (nSPS) is 11.5. The monoisotopic (exact) mass is 744 g/mol. The largest absolute Gasteiger partial charge is 0.246 e. The molecule has 3 aromatic heterocycles. The highest BCUT2D eigenvalue weighted by Crippen LogP contribution is 2.44. The van der Waals surface area contributed by atoms with E-state index in [4.69, 9.17) is 19.9 Å². The number of rotatable bonds is 6. The lowest BCUT2D eigenvalue weighted by Crippen LogP contribution is -2.00. The molecular weight excluding hydrogens is 713 g/mol. The second-order valence-electron chi connectivity index (χ2n) is 14.3. The van der Waals surface area contributed by atoms with Crippen LogP contribution in [-0.4, -0.2) is 19.9 Å². The van der Waals surface area contributed by atoms with Crippen LogP contribution in [0.5, 0.6) is 0 Å². The fourth-order valence-corrected chi connectivity index (χ4v) is 9.07. The average molecular weight is 745 g/mol.